The Kier molecular flexibility index (Phi) is 5.53. The summed E-state index contributed by atoms with van der Waals surface area (Å²) in [4.78, 5) is 17.2. The molecule has 0 atom stereocenters. The van der Waals surface area contributed by atoms with Gasteiger partial charge in [-0.3, -0.25) is 4.98 Å². The van der Waals surface area contributed by atoms with E-state index >= 15 is 0 Å². The monoisotopic (exact) mass is 406 g/mol. The van der Waals surface area contributed by atoms with E-state index in [1.807, 2.05) is 37.3 Å². The summed E-state index contributed by atoms with van der Waals surface area (Å²) < 4.78 is 13.9. The van der Waals surface area contributed by atoms with E-state index in [0.717, 1.165) is 27.7 Å². The molecule has 4 aromatic rings. The molecule has 2 heterocycles. The van der Waals surface area contributed by atoms with Crippen molar-refractivity contribution in [2.24, 2.45) is 0 Å². The van der Waals surface area contributed by atoms with Crippen molar-refractivity contribution >= 4 is 40.2 Å². The number of anilines is 3. The van der Waals surface area contributed by atoms with Crippen LogP contribution in [0.1, 0.15) is 17.0 Å². The van der Waals surface area contributed by atoms with E-state index in [1.54, 1.807) is 24.0 Å². The highest BCUT2D eigenvalue weighted by Crippen LogP contribution is 2.25. The Morgan fingerprint density at radius 2 is 1.90 bits per heavy atom. The highest BCUT2D eigenvalue weighted by Gasteiger charge is 2.09. The van der Waals surface area contributed by atoms with Crippen LogP contribution in [0.4, 0.5) is 22.0 Å². The molecule has 0 bridgehead atoms. The molecule has 8 heteroatoms. The number of nitrogens with zero attached hydrogens (tertiary/aromatic N) is 4. The van der Waals surface area contributed by atoms with Gasteiger partial charge in [-0.1, -0.05) is 24.3 Å². The number of aryl methyl sites for hydroxylation is 1. The number of aromatic nitrogens is 4. The molecule has 0 aliphatic rings. The third kappa shape index (κ3) is 4.60. The smallest absolute Gasteiger partial charge is 0.232 e. The second-order valence-electron chi connectivity index (χ2n) is 6.51. The van der Waals surface area contributed by atoms with Crippen LogP contribution in [0.5, 0.6) is 0 Å². The number of hydrogen-bond acceptors (Lipinski definition) is 7. The molecular formula is C21H19FN6S. The molecule has 3 N–H and O–H groups in total. The van der Waals surface area contributed by atoms with E-state index in [9.17, 15) is 4.39 Å². The van der Waals surface area contributed by atoms with Gasteiger partial charge in [0.25, 0.3) is 0 Å². The zero-order chi connectivity index (χ0) is 20.2. The molecule has 4 rings (SSSR count). The van der Waals surface area contributed by atoms with E-state index in [0.29, 0.717) is 23.3 Å². The minimum atomic E-state index is -0.268. The van der Waals surface area contributed by atoms with Gasteiger partial charge < -0.3 is 11.1 Å². The van der Waals surface area contributed by atoms with Gasteiger partial charge >= 0.3 is 0 Å². The lowest BCUT2D eigenvalue weighted by atomic mass is 10.1. The second-order valence-corrected chi connectivity index (χ2v) is 7.49. The van der Waals surface area contributed by atoms with E-state index < -0.39 is 0 Å². The van der Waals surface area contributed by atoms with Gasteiger partial charge in [-0.15, -0.1) is 11.8 Å². The van der Waals surface area contributed by atoms with Gasteiger partial charge in [0.15, 0.2) is 0 Å². The Morgan fingerprint density at radius 1 is 1.03 bits per heavy atom. The summed E-state index contributed by atoms with van der Waals surface area (Å²) in [6, 6.07) is 14.5. The van der Waals surface area contributed by atoms with Crippen LogP contribution in [0.2, 0.25) is 0 Å². The molecule has 0 aliphatic heterocycles. The third-order valence-corrected chi connectivity index (χ3v) is 5.31. The fraction of sp³-hybridized carbons (Fsp3) is 0.143. The number of nitrogens with two attached hydrogens (primary N) is 1. The first-order valence-corrected chi connectivity index (χ1v) is 10.2. The van der Waals surface area contributed by atoms with Crippen LogP contribution in [0, 0.1) is 12.7 Å². The molecular weight excluding hydrogens is 387 g/mol. The van der Waals surface area contributed by atoms with Crippen LogP contribution in [-0.4, -0.2) is 19.9 Å². The number of thioether (sulfide) groups is 1. The molecule has 0 aliphatic carbocycles. The number of nitrogen functional groups attached to an aromatic ring is 1. The van der Waals surface area contributed by atoms with Crippen molar-refractivity contribution in [1.29, 1.82) is 0 Å². The molecule has 0 amide bonds. The lowest BCUT2D eigenvalue weighted by Gasteiger charge is -2.10. The van der Waals surface area contributed by atoms with E-state index in [2.05, 4.69) is 25.3 Å². The average molecular weight is 406 g/mol. The Balaban J connectivity index is 1.48. The second kappa shape index (κ2) is 8.40. The minimum absolute atomic E-state index is 0.157. The van der Waals surface area contributed by atoms with Crippen molar-refractivity contribution in [3.05, 3.63) is 77.5 Å². The van der Waals surface area contributed by atoms with Crippen LogP contribution in [-0.2, 0) is 11.5 Å². The van der Waals surface area contributed by atoms with Gasteiger partial charge in [-0.2, -0.15) is 15.0 Å². The molecule has 0 saturated heterocycles. The fourth-order valence-electron chi connectivity index (χ4n) is 2.98. The minimum Gasteiger partial charge on any atom is -0.368 e. The highest BCUT2D eigenvalue weighted by atomic mass is 32.2. The van der Waals surface area contributed by atoms with Gasteiger partial charge in [-0.25, -0.2) is 4.39 Å². The molecule has 0 unspecified atom stereocenters. The van der Waals surface area contributed by atoms with Crippen molar-refractivity contribution in [1.82, 2.24) is 19.9 Å². The summed E-state index contributed by atoms with van der Waals surface area (Å²) >= 11 is 1.57. The number of para-hydroxylation sites is 1. The molecule has 2 aromatic heterocycles. The quantitative estimate of drug-likeness (QED) is 0.483. The van der Waals surface area contributed by atoms with Crippen molar-refractivity contribution in [3.63, 3.8) is 0 Å². The number of benzene rings is 2. The molecule has 6 nitrogen and oxygen atoms in total. The number of hydrogen-bond donors (Lipinski definition) is 2. The SMILES string of the molecule is Cc1ccccc1Nc1nc(N)nc(CSCc2cc(F)cc3cccnc23)n1. The lowest BCUT2D eigenvalue weighted by molar-refractivity contribution is 0.628. The number of halogens is 1. The lowest BCUT2D eigenvalue weighted by Crippen LogP contribution is -2.07. The van der Waals surface area contributed by atoms with Gasteiger partial charge in [-0.05, 0) is 42.3 Å². The maximum absolute atomic E-state index is 13.9. The van der Waals surface area contributed by atoms with Gasteiger partial charge in [0.05, 0.1) is 11.3 Å². The van der Waals surface area contributed by atoms with Crippen molar-refractivity contribution in [2.75, 3.05) is 11.1 Å². The summed E-state index contributed by atoms with van der Waals surface area (Å²) in [5.74, 6) is 1.95. The Morgan fingerprint density at radius 3 is 2.76 bits per heavy atom. The first kappa shape index (κ1) is 19.1. The molecule has 0 fully saturated rings. The van der Waals surface area contributed by atoms with Crippen LogP contribution in [0.25, 0.3) is 10.9 Å². The van der Waals surface area contributed by atoms with E-state index in [-0.39, 0.29) is 11.8 Å². The molecule has 29 heavy (non-hydrogen) atoms. The third-order valence-electron chi connectivity index (χ3n) is 4.33. The predicted octanol–water partition coefficient (Wildman–Crippen LogP) is 4.63. The first-order chi connectivity index (χ1) is 14.1. The normalized spacial score (nSPS) is 11.0. The standard InChI is InChI=1S/C21H19FN6S/c1-13-5-2-3-7-17(13)25-21-27-18(26-20(23)28-21)12-29-11-15-10-16(22)9-14-6-4-8-24-19(14)15/h2-10H,11-12H2,1H3,(H3,23,25,26,27,28). The number of pyridine rings is 1. The van der Waals surface area contributed by atoms with E-state index in [4.69, 9.17) is 5.73 Å². The summed E-state index contributed by atoms with van der Waals surface area (Å²) in [5.41, 5.74) is 9.49. The van der Waals surface area contributed by atoms with Crippen LogP contribution in [0.3, 0.4) is 0 Å². The predicted molar refractivity (Wildman–Crippen MR) is 115 cm³/mol. The summed E-state index contributed by atoms with van der Waals surface area (Å²) in [6.45, 7) is 2.00. The van der Waals surface area contributed by atoms with Crippen LogP contribution < -0.4 is 11.1 Å². The summed E-state index contributed by atoms with van der Waals surface area (Å²) in [5, 5.41) is 3.97. The zero-order valence-corrected chi connectivity index (χ0v) is 16.6. The molecule has 0 saturated carbocycles. The fourth-order valence-corrected chi connectivity index (χ4v) is 3.84. The number of fused-ring (bicyclic) bond motifs is 1. The number of rotatable bonds is 6. The molecule has 146 valence electrons. The number of nitrogens with one attached hydrogen (secondary N) is 1. The molecule has 0 radical (unpaired) electrons. The molecule has 0 spiro atoms. The maximum atomic E-state index is 13.9. The van der Waals surface area contributed by atoms with Crippen molar-refractivity contribution in [3.8, 4) is 0 Å². The summed E-state index contributed by atoms with van der Waals surface area (Å²) in [6.07, 6.45) is 1.71. The Bertz CT molecular complexity index is 1170. The maximum Gasteiger partial charge on any atom is 0.232 e. The van der Waals surface area contributed by atoms with Gasteiger partial charge in [0.2, 0.25) is 11.9 Å². The summed E-state index contributed by atoms with van der Waals surface area (Å²) in [7, 11) is 0. The topological polar surface area (TPSA) is 89.6 Å². The van der Waals surface area contributed by atoms with Gasteiger partial charge in [0.1, 0.15) is 11.6 Å². The van der Waals surface area contributed by atoms with Crippen molar-refractivity contribution < 1.29 is 4.39 Å². The zero-order valence-electron chi connectivity index (χ0n) is 15.8. The largest absolute Gasteiger partial charge is 0.368 e. The first-order valence-electron chi connectivity index (χ1n) is 9.02. The molecule has 2 aromatic carbocycles. The average Bonchev–Trinajstić information content (AvgIpc) is 2.69. The highest BCUT2D eigenvalue weighted by molar-refractivity contribution is 7.97. The van der Waals surface area contributed by atoms with Crippen molar-refractivity contribution in [2.45, 2.75) is 18.4 Å². The Hall–Kier alpha value is -3.26. The van der Waals surface area contributed by atoms with Gasteiger partial charge in [0, 0.05) is 23.0 Å². The van der Waals surface area contributed by atoms with Crippen LogP contribution >= 0.6 is 11.8 Å². The van der Waals surface area contributed by atoms with Crippen LogP contribution in [0.15, 0.2) is 54.7 Å². The van der Waals surface area contributed by atoms with E-state index in [1.165, 1.54) is 12.1 Å². The Labute approximate surface area is 171 Å².